The van der Waals surface area contributed by atoms with Gasteiger partial charge in [-0.2, -0.15) is 0 Å². The number of amides is 3. The minimum Gasteiger partial charge on any atom is -0.442 e. The molecule has 2 unspecified atom stereocenters. The van der Waals surface area contributed by atoms with Crippen LogP contribution in [-0.2, 0) is 9.53 Å². The summed E-state index contributed by atoms with van der Waals surface area (Å²) >= 11 is 12.7. The molecule has 188 valence electrons. The van der Waals surface area contributed by atoms with E-state index in [4.69, 9.17) is 27.9 Å². The van der Waals surface area contributed by atoms with Gasteiger partial charge in [0.15, 0.2) is 0 Å². The third-order valence-corrected chi connectivity index (χ3v) is 6.72. The molecule has 0 radical (unpaired) electrons. The Bertz CT molecular complexity index is 887. The number of alkyl halides is 1. The highest BCUT2D eigenvalue weighted by atomic mass is 35.5. The summed E-state index contributed by atoms with van der Waals surface area (Å²) in [5.74, 6) is 0.338. The summed E-state index contributed by atoms with van der Waals surface area (Å²) in [4.78, 5) is 38.8. The maximum atomic E-state index is 12.4. The molecular formula is C24H33Cl2N3O4S. The molecule has 1 saturated heterocycles. The third-order valence-electron chi connectivity index (χ3n) is 5.23. The van der Waals surface area contributed by atoms with Gasteiger partial charge in [0.1, 0.15) is 6.10 Å². The van der Waals surface area contributed by atoms with Gasteiger partial charge < -0.3 is 15.4 Å². The molecule has 2 N–H and O–H groups in total. The van der Waals surface area contributed by atoms with Crippen molar-refractivity contribution in [1.29, 1.82) is 0 Å². The van der Waals surface area contributed by atoms with Crippen molar-refractivity contribution >= 4 is 52.4 Å². The molecule has 0 bridgehead atoms. The van der Waals surface area contributed by atoms with Crippen LogP contribution in [0.2, 0.25) is 4.34 Å². The summed E-state index contributed by atoms with van der Waals surface area (Å²) in [6, 6.07) is 3.25. The van der Waals surface area contributed by atoms with Gasteiger partial charge in [-0.15, -0.1) is 22.9 Å². The highest BCUT2D eigenvalue weighted by molar-refractivity contribution is 7.18. The molecule has 3 rings (SSSR count). The molecule has 1 aliphatic heterocycles. The van der Waals surface area contributed by atoms with Crippen molar-refractivity contribution in [1.82, 2.24) is 15.5 Å². The molecule has 1 aromatic heterocycles. The summed E-state index contributed by atoms with van der Waals surface area (Å²) < 4.78 is 5.99. The van der Waals surface area contributed by atoms with E-state index in [1.54, 1.807) is 17.0 Å². The summed E-state index contributed by atoms with van der Waals surface area (Å²) in [5, 5.41) is 5.76. The number of ether oxygens (including phenoxy) is 1. The summed E-state index contributed by atoms with van der Waals surface area (Å²) in [6.45, 7) is 4.65. The number of nitrogens with zero attached hydrogens (tertiary/aromatic N) is 1. The first-order chi connectivity index (χ1) is 16.5. The lowest BCUT2D eigenvalue weighted by molar-refractivity contribution is -0.120. The van der Waals surface area contributed by atoms with Crippen molar-refractivity contribution in [3.05, 3.63) is 45.3 Å². The van der Waals surface area contributed by atoms with Gasteiger partial charge in [0, 0.05) is 24.4 Å². The Morgan fingerprint density at radius 1 is 1.26 bits per heavy atom. The molecule has 1 aromatic rings. The van der Waals surface area contributed by atoms with E-state index in [0.29, 0.717) is 34.5 Å². The molecule has 0 aromatic carbocycles. The van der Waals surface area contributed by atoms with Crippen LogP contribution >= 0.6 is 34.5 Å². The smallest absolute Gasteiger partial charge is 0.410 e. The number of carbonyl (C=O) groups is 3. The van der Waals surface area contributed by atoms with Crippen molar-refractivity contribution in [3.63, 3.8) is 0 Å². The van der Waals surface area contributed by atoms with E-state index in [1.807, 2.05) is 32.1 Å². The molecule has 0 saturated carbocycles. The Kier molecular flexibility index (Phi) is 12.5. The van der Waals surface area contributed by atoms with Crippen LogP contribution in [0, 0.1) is 0 Å². The third kappa shape index (κ3) is 8.96. The molecule has 2 atom stereocenters. The van der Waals surface area contributed by atoms with Gasteiger partial charge in [0.2, 0.25) is 5.91 Å². The number of hydrogen-bond donors (Lipinski definition) is 2. The van der Waals surface area contributed by atoms with Crippen LogP contribution in [0.3, 0.4) is 0 Å². The molecule has 1 fully saturated rings. The lowest BCUT2D eigenvalue weighted by atomic mass is 10.0. The van der Waals surface area contributed by atoms with Crippen LogP contribution in [0.15, 0.2) is 36.1 Å². The van der Waals surface area contributed by atoms with Crippen LogP contribution in [0.5, 0.6) is 0 Å². The number of allylic oxidation sites excluding steroid dienone is 2. The van der Waals surface area contributed by atoms with Crippen LogP contribution < -0.4 is 10.6 Å². The van der Waals surface area contributed by atoms with Gasteiger partial charge in [-0.1, -0.05) is 43.7 Å². The number of carbonyl (C=O) groups excluding carboxylic acids is 3. The number of nitrogens with one attached hydrogen (secondary N) is 2. The van der Waals surface area contributed by atoms with E-state index >= 15 is 0 Å². The summed E-state index contributed by atoms with van der Waals surface area (Å²) in [7, 11) is 0. The van der Waals surface area contributed by atoms with Gasteiger partial charge in [-0.3, -0.25) is 14.5 Å². The number of thiophene rings is 1. The van der Waals surface area contributed by atoms with Gasteiger partial charge in [-0.05, 0) is 37.8 Å². The Hall–Kier alpha value is -2.03. The molecule has 0 spiro atoms. The minimum absolute atomic E-state index is 0.00437. The summed E-state index contributed by atoms with van der Waals surface area (Å²) in [5.41, 5.74) is 0.883. The second-order valence-corrected chi connectivity index (χ2v) is 9.77. The molecule has 1 aliphatic carbocycles. The molecular weight excluding hydrogens is 497 g/mol. The van der Waals surface area contributed by atoms with Crippen molar-refractivity contribution < 1.29 is 19.1 Å². The quantitative estimate of drug-likeness (QED) is 0.251. The lowest BCUT2D eigenvalue weighted by Gasteiger charge is -2.24. The van der Waals surface area contributed by atoms with E-state index in [0.717, 1.165) is 31.4 Å². The molecule has 2 aliphatic rings. The first kappa shape index (κ1) is 28.2. The molecule has 3 amide bonds. The number of hydrogen-bond acceptors (Lipinski definition) is 5. The maximum Gasteiger partial charge on any atom is 0.410 e. The maximum absolute atomic E-state index is 12.4. The average Bonchev–Trinajstić information content (AvgIpc) is 3.41. The van der Waals surface area contributed by atoms with Crippen LogP contribution in [-0.4, -0.2) is 53.9 Å². The highest BCUT2D eigenvalue weighted by Gasteiger charge is 2.35. The van der Waals surface area contributed by atoms with Gasteiger partial charge in [-0.25, -0.2) is 4.79 Å². The Morgan fingerprint density at radius 2 is 2.06 bits per heavy atom. The standard InChI is InChI=1S/C22H27Cl2N3O4S.C2H6/c23-12-2-1-9-20(28)26-15-5-3-7-16(8-4-6-15)27-14-17(31-22(27)30)13-25-21(29)18-10-11-19(24)32-18;1-2/h3,6-7,10-11,16-17H,1-2,4-5,8-9,12-14H2,(H,25,29)(H,26,28);1-2H3/b7-3-,15-6+;. The molecule has 10 heteroatoms. The number of rotatable bonds is 9. The van der Waals surface area contributed by atoms with E-state index in [-0.39, 0.29) is 30.5 Å². The number of halogens is 2. The van der Waals surface area contributed by atoms with Crippen molar-refractivity contribution in [2.24, 2.45) is 0 Å². The Labute approximate surface area is 215 Å². The molecule has 2 heterocycles. The van der Waals surface area contributed by atoms with E-state index < -0.39 is 6.10 Å². The minimum atomic E-state index is -0.404. The lowest BCUT2D eigenvalue weighted by Crippen LogP contribution is -2.37. The second kappa shape index (κ2) is 15.1. The SMILES string of the molecule is CC.O=C(CCCCCl)N/C1=C/CCC(N2CC(CNC(=O)c3ccc(Cl)s3)OC2=O)/C=C\C1. The molecule has 7 nitrogen and oxygen atoms in total. The van der Waals surface area contributed by atoms with Crippen LogP contribution in [0.25, 0.3) is 0 Å². The van der Waals surface area contributed by atoms with E-state index in [9.17, 15) is 14.4 Å². The van der Waals surface area contributed by atoms with Crippen LogP contribution in [0.1, 0.15) is 62.0 Å². The highest BCUT2D eigenvalue weighted by Crippen LogP contribution is 2.23. The Morgan fingerprint density at radius 3 is 2.76 bits per heavy atom. The second-order valence-electron chi connectivity index (χ2n) is 7.67. The molecule has 34 heavy (non-hydrogen) atoms. The predicted molar refractivity (Wildman–Crippen MR) is 138 cm³/mol. The fraction of sp³-hybridized carbons (Fsp3) is 0.542. The zero-order valence-electron chi connectivity index (χ0n) is 19.6. The summed E-state index contributed by atoms with van der Waals surface area (Å²) in [6.07, 6.45) is 9.32. The van der Waals surface area contributed by atoms with Gasteiger partial charge >= 0.3 is 6.09 Å². The van der Waals surface area contributed by atoms with Crippen LogP contribution in [0.4, 0.5) is 4.79 Å². The van der Waals surface area contributed by atoms with Crippen molar-refractivity contribution in [2.45, 2.75) is 64.5 Å². The first-order valence-electron chi connectivity index (χ1n) is 11.7. The number of unbranched alkanes of at least 4 members (excludes halogenated alkanes) is 1. The van der Waals surface area contributed by atoms with Crippen molar-refractivity contribution in [2.75, 3.05) is 19.0 Å². The van der Waals surface area contributed by atoms with E-state index in [2.05, 4.69) is 10.6 Å². The fourth-order valence-electron chi connectivity index (χ4n) is 3.59. The van der Waals surface area contributed by atoms with E-state index in [1.165, 1.54) is 11.3 Å². The Balaban J connectivity index is 0.00000199. The zero-order chi connectivity index (χ0) is 24.9. The van der Waals surface area contributed by atoms with Gasteiger partial charge in [0.25, 0.3) is 5.91 Å². The first-order valence-corrected chi connectivity index (χ1v) is 13.4. The fourth-order valence-corrected chi connectivity index (χ4v) is 4.74. The average molecular weight is 531 g/mol. The van der Waals surface area contributed by atoms with Gasteiger partial charge in [0.05, 0.1) is 28.3 Å². The normalized spacial score (nSPS) is 22.3. The topological polar surface area (TPSA) is 87.7 Å². The zero-order valence-corrected chi connectivity index (χ0v) is 22.0. The monoisotopic (exact) mass is 529 g/mol. The predicted octanol–water partition coefficient (Wildman–Crippen LogP) is 5.50. The number of cyclic esters (lactones) is 1. The van der Waals surface area contributed by atoms with Crippen molar-refractivity contribution in [3.8, 4) is 0 Å². The largest absolute Gasteiger partial charge is 0.442 e.